The van der Waals surface area contributed by atoms with Gasteiger partial charge < -0.3 is 9.64 Å². The minimum absolute atomic E-state index is 0.0291. The molecule has 0 radical (unpaired) electrons. The molecule has 3 aromatic rings. The number of fused-ring (bicyclic) bond motifs is 1. The highest BCUT2D eigenvalue weighted by molar-refractivity contribution is 6.05. The van der Waals surface area contributed by atoms with Crippen LogP contribution in [0, 0.1) is 6.92 Å². The van der Waals surface area contributed by atoms with E-state index in [0.717, 1.165) is 28.5 Å². The molecule has 134 valence electrons. The van der Waals surface area contributed by atoms with Gasteiger partial charge in [-0.25, -0.2) is 0 Å². The summed E-state index contributed by atoms with van der Waals surface area (Å²) in [5.41, 5.74) is 4.96. The van der Waals surface area contributed by atoms with Crippen molar-refractivity contribution in [2.45, 2.75) is 26.4 Å². The Labute approximate surface area is 153 Å². The monoisotopic (exact) mass is 349 g/mol. The molecule has 2 heterocycles. The summed E-state index contributed by atoms with van der Waals surface area (Å²) >= 11 is 0. The quantitative estimate of drug-likeness (QED) is 0.785. The minimum atomic E-state index is -0.0827. The predicted molar refractivity (Wildman–Crippen MR) is 101 cm³/mol. The second-order valence-corrected chi connectivity index (χ2v) is 6.85. The molecular formula is C21H23N3O2. The Balaban J connectivity index is 1.58. The van der Waals surface area contributed by atoms with E-state index in [2.05, 4.69) is 41.4 Å². The van der Waals surface area contributed by atoms with Crippen molar-refractivity contribution in [1.29, 1.82) is 0 Å². The zero-order valence-electron chi connectivity index (χ0n) is 15.2. The van der Waals surface area contributed by atoms with Crippen molar-refractivity contribution in [3.8, 4) is 0 Å². The number of morpholine rings is 1. The molecule has 0 spiro atoms. The van der Waals surface area contributed by atoms with Gasteiger partial charge in [0.1, 0.15) is 6.10 Å². The Morgan fingerprint density at radius 2 is 2.12 bits per heavy atom. The van der Waals surface area contributed by atoms with Crippen molar-refractivity contribution < 1.29 is 9.53 Å². The Morgan fingerprint density at radius 1 is 1.31 bits per heavy atom. The first-order valence-electron chi connectivity index (χ1n) is 9.09. The van der Waals surface area contributed by atoms with Crippen molar-refractivity contribution in [2.75, 3.05) is 19.7 Å². The summed E-state index contributed by atoms with van der Waals surface area (Å²) in [6.07, 6.45) is 2.70. The van der Waals surface area contributed by atoms with Gasteiger partial charge in [-0.1, -0.05) is 31.2 Å². The Kier molecular flexibility index (Phi) is 4.47. The topological polar surface area (TPSA) is 58.2 Å². The number of aryl methyl sites for hydroxylation is 2. The first kappa shape index (κ1) is 16.8. The third kappa shape index (κ3) is 3.10. The second kappa shape index (κ2) is 6.92. The van der Waals surface area contributed by atoms with Crippen molar-refractivity contribution in [3.63, 3.8) is 0 Å². The minimum Gasteiger partial charge on any atom is -0.370 e. The van der Waals surface area contributed by atoms with Crippen LogP contribution in [0.25, 0.3) is 10.9 Å². The van der Waals surface area contributed by atoms with E-state index < -0.39 is 0 Å². The molecular weight excluding hydrogens is 326 g/mol. The van der Waals surface area contributed by atoms with Gasteiger partial charge in [0.25, 0.3) is 5.91 Å². The largest absolute Gasteiger partial charge is 0.370 e. The summed E-state index contributed by atoms with van der Waals surface area (Å²) < 4.78 is 5.94. The lowest BCUT2D eigenvalue weighted by atomic mass is 10.0. The molecule has 5 nitrogen and oxygen atoms in total. The number of carbonyl (C=O) groups excluding carboxylic acids is 1. The van der Waals surface area contributed by atoms with Crippen LogP contribution >= 0.6 is 0 Å². The number of amides is 1. The van der Waals surface area contributed by atoms with Gasteiger partial charge >= 0.3 is 0 Å². The van der Waals surface area contributed by atoms with Gasteiger partial charge in [0.05, 0.1) is 30.4 Å². The van der Waals surface area contributed by atoms with E-state index >= 15 is 0 Å². The van der Waals surface area contributed by atoms with Crippen LogP contribution in [0.1, 0.15) is 40.1 Å². The average Bonchev–Trinajstić information content (AvgIpc) is 3.15. The standard InChI is InChI=1S/C21H23N3O2/c1-3-15-4-6-16(7-5-15)19-13-24(8-9-26-19)21(25)18-11-14(2)10-17-12-22-23-20(17)18/h4-7,10-12,19H,3,8-9,13H2,1-2H3,(H,22,23). The second-order valence-electron chi connectivity index (χ2n) is 6.85. The fourth-order valence-electron chi connectivity index (χ4n) is 3.55. The molecule has 1 fully saturated rings. The third-order valence-corrected chi connectivity index (χ3v) is 5.04. The summed E-state index contributed by atoms with van der Waals surface area (Å²) in [6, 6.07) is 12.5. The summed E-state index contributed by atoms with van der Waals surface area (Å²) in [7, 11) is 0. The third-order valence-electron chi connectivity index (χ3n) is 5.04. The Bertz CT molecular complexity index is 930. The lowest BCUT2D eigenvalue weighted by Gasteiger charge is -2.33. The van der Waals surface area contributed by atoms with Gasteiger partial charge in [0, 0.05) is 11.9 Å². The van der Waals surface area contributed by atoms with Crippen LogP contribution in [0.4, 0.5) is 0 Å². The number of H-pyrrole nitrogens is 1. The van der Waals surface area contributed by atoms with Gasteiger partial charge in [-0.05, 0) is 42.2 Å². The van der Waals surface area contributed by atoms with E-state index in [-0.39, 0.29) is 12.0 Å². The molecule has 1 aromatic heterocycles. The van der Waals surface area contributed by atoms with Gasteiger partial charge in [-0.3, -0.25) is 9.89 Å². The summed E-state index contributed by atoms with van der Waals surface area (Å²) in [6.45, 7) is 5.86. The van der Waals surface area contributed by atoms with E-state index in [1.807, 2.05) is 24.0 Å². The maximum atomic E-state index is 13.2. The fraction of sp³-hybridized carbons (Fsp3) is 0.333. The lowest BCUT2D eigenvalue weighted by molar-refractivity contribution is -0.0227. The molecule has 26 heavy (non-hydrogen) atoms. The number of ether oxygens (including phenoxy) is 1. The van der Waals surface area contributed by atoms with Crippen molar-refractivity contribution >= 4 is 16.8 Å². The van der Waals surface area contributed by atoms with Crippen LogP contribution in [-0.4, -0.2) is 40.7 Å². The molecule has 1 atom stereocenters. The van der Waals surface area contributed by atoms with E-state index in [1.165, 1.54) is 5.56 Å². The van der Waals surface area contributed by atoms with Gasteiger partial charge in [-0.2, -0.15) is 5.10 Å². The number of hydrogen-bond donors (Lipinski definition) is 1. The maximum absolute atomic E-state index is 13.2. The van der Waals surface area contributed by atoms with Crippen molar-refractivity contribution in [2.24, 2.45) is 0 Å². The first-order chi connectivity index (χ1) is 12.7. The number of carbonyl (C=O) groups is 1. The van der Waals surface area contributed by atoms with Gasteiger partial charge in [0.2, 0.25) is 0 Å². The number of hydrogen-bond acceptors (Lipinski definition) is 3. The summed E-state index contributed by atoms with van der Waals surface area (Å²) in [4.78, 5) is 15.0. The molecule has 1 aliphatic rings. The molecule has 4 rings (SSSR count). The van der Waals surface area contributed by atoms with Crippen LogP contribution < -0.4 is 0 Å². The van der Waals surface area contributed by atoms with E-state index in [9.17, 15) is 4.79 Å². The average molecular weight is 349 g/mol. The molecule has 5 heteroatoms. The number of aromatic nitrogens is 2. The van der Waals surface area contributed by atoms with E-state index in [1.54, 1.807) is 6.20 Å². The Morgan fingerprint density at radius 3 is 2.88 bits per heavy atom. The highest BCUT2D eigenvalue weighted by atomic mass is 16.5. The molecule has 0 aliphatic carbocycles. The molecule has 2 aromatic carbocycles. The molecule has 0 saturated carbocycles. The van der Waals surface area contributed by atoms with Crippen LogP contribution in [0.2, 0.25) is 0 Å². The van der Waals surface area contributed by atoms with Gasteiger partial charge in [0.15, 0.2) is 0 Å². The molecule has 1 aliphatic heterocycles. The molecule has 1 amide bonds. The highest BCUT2D eigenvalue weighted by Gasteiger charge is 2.27. The smallest absolute Gasteiger partial charge is 0.256 e. The van der Waals surface area contributed by atoms with E-state index in [0.29, 0.717) is 25.3 Å². The predicted octanol–water partition coefficient (Wildman–Crippen LogP) is 3.65. The lowest BCUT2D eigenvalue weighted by Crippen LogP contribution is -2.42. The number of aromatic amines is 1. The maximum Gasteiger partial charge on any atom is 0.256 e. The summed E-state index contributed by atoms with van der Waals surface area (Å²) in [5, 5.41) is 8.02. The summed E-state index contributed by atoms with van der Waals surface area (Å²) in [5.74, 6) is 0.0291. The normalized spacial score (nSPS) is 17.6. The fourth-order valence-corrected chi connectivity index (χ4v) is 3.55. The van der Waals surface area contributed by atoms with Crippen LogP contribution in [-0.2, 0) is 11.2 Å². The number of nitrogens with zero attached hydrogens (tertiary/aromatic N) is 2. The molecule has 0 bridgehead atoms. The highest BCUT2D eigenvalue weighted by Crippen LogP contribution is 2.26. The van der Waals surface area contributed by atoms with Gasteiger partial charge in [-0.15, -0.1) is 0 Å². The number of nitrogens with one attached hydrogen (secondary N) is 1. The SMILES string of the molecule is CCc1ccc(C2CN(C(=O)c3cc(C)cc4cn[nH]c34)CCO2)cc1. The van der Waals surface area contributed by atoms with E-state index in [4.69, 9.17) is 4.74 Å². The Hall–Kier alpha value is -2.66. The number of benzene rings is 2. The van der Waals surface area contributed by atoms with Crippen LogP contribution in [0.5, 0.6) is 0 Å². The first-order valence-corrected chi connectivity index (χ1v) is 9.09. The molecule has 1 N–H and O–H groups in total. The zero-order chi connectivity index (χ0) is 18.1. The van der Waals surface area contributed by atoms with Crippen LogP contribution in [0.3, 0.4) is 0 Å². The van der Waals surface area contributed by atoms with Crippen molar-refractivity contribution in [1.82, 2.24) is 15.1 Å². The van der Waals surface area contributed by atoms with Crippen molar-refractivity contribution in [3.05, 3.63) is 64.8 Å². The molecule has 1 unspecified atom stereocenters. The van der Waals surface area contributed by atoms with Crippen LogP contribution in [0.15, 0.2) is 42.6 Å². The number of rotatable bonds is 3. The zero-order valence-corrected chi connectivity index (χ0v) is 15.2. The molecule has 1 saturated heterocycles.